The van der Waals surface area contributed by atoms with Crippen LogP contribution in [0.15, 0.2) is 36.5 Å². The predicted molar refractivity (Wildman–Crippen MR) is 85.8 cm³/mol. The molecule has 3 amide bonds. The van der Waals surface area contributed by atoms with E-state index in [-0.39, 0.29) is 24.2 Å². The van der Waals surface area contributed by atoms with Gasteiger partial charge in [0, 0.05) is 6.20 Å². The summed E-state index contributed by atoms with van der Waals surface area (Å²) in [6.07, 6.45) is 1.67. The lowest BCUT2D eigenvalue weighted by Crippen LogP contribution is -2.48. The van der Waals surface area contributed by atoms with Crippen LogP contribution in [0.25, 0.3) is 5.69 Å². The zero-order valence-electron chi connectivity index (χ0n) is 13.8. The molecule has 2 aromatic rings. The third-order valence-corrected chi connectivity index (χ3v) is 4.49. The molecule has 1 aliphatic rings. The number of rotatable bonds is 4. The quantitative estimate of drug-likeness (QED) is 0.876. The molecule has 1 aromatic carbocycles. The second-order valence-corrected chi connectivity index (χ2v) is 6.41. The summed E-state index contributed by atoms with van der Waals surface area (Å²) < 4.78 is 14.8. The van der Waals surface area contributed by atoms with Crippen LogP contribution in [0, 0.1) is 11.7 Å². The Bertz CT molecular complexity index is 801. The molecule has 0 spiro atoms. The molecule has 0 saturated carbocycles. The first-order chi connectivity index (χ1) is 11.3. The van der Waals surface area contributed by atoms with E-state index >= 15 is 0 Å². The monoisotopic (exact) mass is 330 g/mol. The number of imide groups is 1. The van der Waals surface area contributed by atoms with E-state index in [2.05, 4.69) is 10.4 Å². The minimum absolute atomic E-state index is 0.0243. The lowest BCUT2D eigenvalue weighted by atomic mass is 9.88. The lowest BCUT2D eigenvalue weighted by molar-refractivity contribution is -0.132. The normalized spacial score (nSPS) is 20.8. The summed E-state index contributed by atoms with van der Waals surface area (Å²) in [4.78, 5) is 25.9. The summed E-state index contributed by atoms with van der Waals surface area (Å²) in [6, 6.07) is 7.32. The summed E-state index contributed by atoms with van der Waals surface area (Å²) in [7, 11) is 0. The van der Waals surface area contributed by atoms with Gasteiger partial charge in [0.2, 0.25) is 0 Å². The van der Waals surface area contributed by atoms with Crippen LogP contribution in [-0.2, 0) is 11.3 Å². The van der Waals surface area contributed by atoms with Crippen molar-refractivity contribution in [1.29, 1.82) is 0 Å². The number of aromatic nitrogens is 2. The lowest BCUT2D eigenvalue weighted by Gasteiger charge is -2.25. The van der Waals surface area contributed by atoms with Crippen molar-refractivity contribution in [3.63, 3.8) is 0 Å². The molecule has 2 heterocycles. The summed E-state index contributed by atoms with van der Waals surface area (Å²) in [5.74, 6) is -0.641. The van der Waals surface area contributed by atoms with Gasteiger partial charge >= 0.3 is 6.03 Å². The Hall–Kier alpha value is -2.70. The van der Waals surface area contributed by atoms with Crippen LogP contribution < -0.4 is 5.32 Å². The average Bonchev–Trinajstić information content (AvgIpc) is 3.07. The van der Waals surface area contributed by atoms with E-state index in [0.29, 0.717) is 11.4 Å². The molecule has 0 radical (unpaired) electrons. The van der Waals surface area contributed by atoms with Gasteiger partial charge in [-0.05, 0) is 37.1 Å². The average molecular weight is 330 g/mol. The third kappa shape index (κ3) is 2.66. The summed E-state index contributed by atoms with van der Waals surface area (Å²) in [5.41, 5.74) is 0.226. The second kappa shape index (κ2) is 5.74. The summed E-state index contributed by atoms with van der Waals surface area (Å²) in [5, 5.41) is 7.07. The summed E-state index contributed by atoms with van der Waals surface area (Å²) >= 11 is 0. The summed E-state index contributed by atoms with van der Waals surface area (Å²) in [6.45, 7) is 5.58. The third-order valence-electron chi connectivity index (χ3n) is 4.49. The molecular weight excluding hydrogens is 311 g/mol. The molecule has 1 atom stereocenters. The Balaban J connectivity index is 1.80. The zero-order valence-corrected chi connectivity index (χ0v) is 13.8. The van der Waals surface area contributed by atoms with Crippen LogP contribution >= 0.6 is 0 Å². The maximum Gasteiger partial charge on any atom is 0.325 e. The van der Waals surface area contributed by atoms with E-state index in [4.69, 9.17) is 0 Å². The number of nitrogens with zero attached hydrogens (tertiary/aromatic N) is 3. The number of nitrogens with one attached hydrogen (secondary N) is 1. The van der Waals surface area contributed by atoms with Gasteiger partial charge in [0.05, 0.1) is 17.9 Å². The smallest absolute Gasteiger partial charge is 0.323 e. The van der Waals surface area contributed by atoms with E-state index in [1.807, 2.05) is 13.8 Å². The van der Waals surface area contributed by atoms with Crippen molar-refractivity contribution < 1.29 is 14.0 Å². The Morgan fingerprint density at radius 3 is 2.67 bits per heavy atom. The second-order valence-electron chi connectivity index (χ2n) is 6.41. The Labute approximate surface area is 139 Å². The SMILES string of the molecule is CC(C)[C@]1(C)NC(=O)N(Cc2ccn(-c3cccc(F)c3)n2)C1=O. The minimum atomic E-state index is -0.901. The van der Waals surface area contributed by atoms with E-state index in [1.165, 1.54) is 16.8 Å². The van der Waals surface area contributed by atoms with Crippen LogP contribution in [-0.4, -0.2) is 32.2 Å². The highest BCUT2D eigenvalue weighted by Crippen LogP contribution is 2.26. The fraction of sp³-hybridized carbons (Fsp3) is 0.353. The molecule has 7 heteroatoms. The molecule has 0 unspecified atom stereocenters. The van der Waals surface area contributed by atoms with Crippen LogP contribution in [0.2, 0.25) is 0 Å². The number of hydrogen-bond donors (Lipinski definition) is 1. The molecule has 126 valence electrons. The molecule has 1 aliphatic heterocycles. The van der Waals surface area contributed by atoms with Crippen LogP contribution in [0.5, 0.6) is 0 Å². The fourth-order valence-electron chi connectivity index (χ4n) is 2.62. The maximum absolute atomic E-state index is 13.3. The van der Waals surface area contributed by atoms with E-state index in [1.54, 1.807) is 31.3 Å². The highest BCUT2D eigenvalue weighted by molar-refractivity contribution is 6.06. The molecular formula is C17H19FN4O2. The van der Waals surface area contributed by atoms with Gasteiger partial charge in [-0.2, -0.15) is 5.10 Å². The van der Waals surface area contributed by atoms with E-state index < -0.39 is 11.6 Å². The van der Waals surface area contributed by atoms with Crippen molar-refractivity contribution in [1.82, 2.24) is 20.0 Å². The maximum atomic E-state index is 13.3. The number of amides is 3. The standard InChI is InChI=1S/C17H19FN4O2/c1-11(2)17(3)15(23)21(16(24)19-17)10-13-7-8-22(20-13)14-6-4-5-12(18)9-14/h4-9,11H,10H2,1-3H3,(H,19,24)/t17-/m0/s1. The van der Waals surface area contributed by atoms with Crippen molar-refractivity contribution >= 4 is 11.9 Å². The molecule has 0 aliphatic carbocycles. The van der Waals surface area contributed by atoms with Crippen LogP contribution in [0.4, 0.5) is 9.18 Å². The zero-order chi connectivity index (χ0) is 17.5. The van der Waals surface area contributed by atoms with Gasteiger partial charge in [-0.3, -0.25) is 9.69 Å². The number of halogens is 1. The highest BCUT2D eigenvalue weighted by atomic mass is 19.1. The predicted octanol–water partition coefficient (Wildman–Crippen LogP) is 2.48. The Morgan fingerprint density at radius 2 is 2.04 bits per heavy atom. The first-order valence-corrected chi connectivity index (χ1v) is 7.76. The highest BCUT2D eigenvalue weighted by Gasteiger charge is 2.49. The van der Waals surface area contributed by atoms with Gasteiger partial charge in [0.1, 0.15) is 11.4 Å². The largest absolute Gasteiger partial charge is 0.325 e. The number of hydrogen-bond acceptors (Lipinski definition) is 3. The first kappa shape index (κ1) is 16.2. The molecule has 1 saturated heterocycles. The van der Waals surface area contributed by atoms with Gasteiger partial charge in [-0.1, -0.05) is 19.9 Å². The van der Waals surface area contributed by atoms with Crippen molar-refractivity contribution in [2.45, 2.75) is 32.9 Å². The van der Waals surface area contributed by atoms with Crippen molar-refractivity contribution in [3.8, 4) is 5.69 Å². The number of urea groups is 1. The van der Waals surface area contributed by atoms with Gasteiger partial charge in [-0.25, -0.2) is 13.9 Å². The van der Waals surface area contributed by atoms with E-state index in [0.717, 1.165) is 4.90 Å². The van der Waals surface area contributed by atoms with Crippen molar-refractivity contribution in [2.75, 3.05) is 0 Å². The van der Waals surface area contributed by atoms with Gasteiger partial charge < -0.3 is 5.32 Å². The number of carbonyl (C=O) groups is 2. The van der Waals surface area contributed by atoms with Crippen molar-refractivity contribution in [3.05, 3.63) is 48.0 Å². The Kier molecular flexibility index (Phi) is 3.87. The molecule has 1 fully saturated rings. The van der Waals surface area contributed by atoms with Crippen LogP contribution in [0.3, 0.4) is 0 Å². The molecule has 6 nitrogen and oxygen atoms in total. The molecule has 1 N–H and O–H groups in total. The minimum Gasteiger partial charge on any atom is -0.323 e. The van der Waals surface area contributed by atoms with Gasteiger partial charge in [0.25, 0.3) is 5.91 Å². The van der Waals surface area contributed by atoms with Crippen LogP contribution in [0.1, 0.15) is 26.5 Å². The fourth-order valence-corrected chi connectivity index (χ4v) is 2.62. The van der Waals surface area contributed by atoms with E-state index in [9.17, 15) is 14.0 Å². The molecule has 0 bridgehead atoms. The topological polar surface area (TPSA) is 67.2 Å². The Morgan fingerprint density at radius 1 is 1.29 bits per heavy atom. The van der Waals surface area contributed by atoms with Gasteiger partial charge in [0.15, 0.2) is 0 Å². The first-order valence-electron chi connectivity index (χ1n) is 7.76. The van der Waals surface area contributed by atoms with Gasteiger partial charge in [-0.15, -0.1) is 0 Å². The molecule has 1 aromatic heterocycles. The molecule has 24 heavy (non-hydrogen) atoms. The van der Waals surface area contributed by atoms with Crippen molar-refractivity contribution in [2.24, 2.45) is 5.92 Å². The molecule has 3 rings (SSSR count). The number of carbonyl (C=O) groups excluding carboxylic acids is 2. The number of benzene rings is 1.